The summed E-state index contributed by atoms with van der Waals surface area (Å²) in [6, 6.07) is 19.6. The van der Waals surface area contributed by atoms with Crippen LogP contribution in [-0.4, -0.2) is 23.9 Å². The molecule has 0 bridgehead atoms. The second-order valence-corrected chi connectivity index (χ2v) is 7.72. The minimum atomic E-state index is -0.831. The van der Waals surface area contributed by atoms with Crippen LogP contribution in [0.15, 0.2) is 78.4 Å². The number of carbonyl (C=O) groups is 2. The number of amides is 1. The molecular weight excluding hydrogens is 437 g/mol. The maximum absolute atomic E-state index is 13.1. The molecule has 1 N–H and O–H groups in total. The third kappa shape index (κ3) is 3.78. The number of anilines is 1. The van der Waals surface area contributed by atoms with Gasteiger partial charge in [0.15, 0.2) is 0 Å². The lowest BCUT2D eigenvalue weighted by molar-refractivity contribution is -0.132. The van der Waals surface area contributed by atoms with E-state index >= 15 is 0 Å². The Morgan fingerprint density at radius 3 is 2.35 bits per heavy atom. The number of benzene rings is 3. The first-order valence-corrected chi connectivity index (χ1v) is 10.1. The fraction of sp³-hybridized carbons (Fsp3) is 0.0833. The van der Waals surface area contributed by atoms with Gasteiger partial charge in [-0.2, -0.15) is 0 Å². The van der Waals surface area contributed by atoms with Gasteiger partial charge in [-0.05, 0) is 35.9 Å². The Balaban J connectivity index is 1.94. The van der Waals surface area contributed by atoms with Gasteiger partial charge in [0.05, 0.1) is 28.8 Å². The van der Waals surface area contributed by atoms with Crippen molar-refractivity contribution in [3.05, 3.63) is 99.5 Å². The molecule has 0 radical (unpaired) electrons. The SMILES string of the molecule is COc1cccc(N2C(=O)C(=O)/C(=C(/O)c3ccc(Cl)c(Cl)c3)C2c2ccccc2)c1. The molecule has 7 heteroatoms. The first kappa shape index (κ1) is 21.0. The highest BCUT2D eigenvalue weighted by Crippen LogP contribution is 2.43. The predicted octanol–water partition coefficient (Wildman–Crippen LogP) is 5.63. The molecule has 156 valence electrons. The quantitative estimate of drug-likeness (QED) is 0.315. The predicted molar refractivity (Wildman–Crippen MR) is 121 cm³/mol. The molecule has 1 saturated heterocycles. The molecule has 1 aliphatic heterocycles. The summed E-state index contributed by atoms with van der Waals surface area (Å²) in [5.41, 5.74) is 1.41. The summed E-state index contributed by atoms with van der Waals surface area (Å²) in [5.74, 6) is -1.32. The van der Waals surface area contributed by atoms with Crippen molar-refractivity contribution in [1.82, 2.24) is 0 Å². The van der Waals surface area contributed by atoms with E-state index in [0.29, 0.717) is 27.6 Å². The molecule has 4 rings (SSSR count). The van der Waals surface area contributed by atoms with Gasteiger partial charge in [0.2, 0.25) is 0 Å². The normalized spacial score (nSPS) is 17.8. The molecule has 3 aromatic rings. The minimum absolute atomic E-state index is 0.0302. The number of rotatable bonds is 4. The maximum atomic E-state index is 13.1. The van der Waals surface area contributed by atoms with E-state index in [1.807, 2.05) is 6.07 Å². The van der Waals surface area contributed by atoms with Crippen LogP contribution in [0.5, 0.6) is 5.75 Å². The molecule has 1 heterocycles. The number of carbonyl (C=O) groups excluding carboxylic acids is 2. The molecule has 1 atom stereocenters. The maximum Gasteiger partial charge on any atom is 0.300 e. The van der Waals surface area contributed by atoms with E-state index in [1.54, 1.807) is 54.6 Å². The Morgan fingerprint density at radius 1 is 0.935 bits per heavy atom. The zero-order valence-corrected chi connectivity index (χ0v) is 17.9. The largest absolute Gasteiger partial charge is 0.507 e. The first-order chi connectivity index (χ1) is 14.9. The third-order valence-corrected chi connectivity index (χ3v) is 5.82. The van der Waals surface area contributed by atoms with E-state index < -0.39 is 17.7 Å². The van der Waals surface area contributed by atoms with E-state index in [0.717, 1.165) is 0 Å². The Hall–Kier alpha value is -3.28. The van der Waals surface area contributed by atoms with Gasteiger partial charge in [0.1, 0.15) is 11.5 Å². The number of halogens is 2. The molecule has 0 saturated carbocycles. The molecule has 3 aromatic carbocycles. The average Bonchev–Trinajstić information content (AvgIpc) is 3.06. The van der Waals surface area contributed by atoms with Gasteiger partial charge in [0.25, 0.3) is 11.7 Å². The van der Waals surface area contributed by atoms with Crippen LogP contribution in [0, 0.1) is 0 Å². The Kier molecular flexibility index (Phi) is 5.72. The highest BCUT2D eigenvalue weighted by Gasteiger charge is 2.47. The van der Waals surface area contributed by atoms with E-state index in [2.05, 4.69) is 0 Å². The van der Waals surface area contributed by atoms with E-state index in [-0.39, 0.29) is 16.4 Å². The van der Waals surface area contributed by atoms with Gasteiger partial charge in [0, 0.05) is 17.3 Å². The summed E-state index contributed by atoms with van der Waals surface area (Å²) in [6.07, 6.45) is 0. The Labute approximate surface area is 189 Å². The molecule has 1 fully saturated rings. The van der Waals surface area contributed by atoms with Gasteiger partial charge in [-0.3, -0.25) is 14.5 Å². The molecular formula is C24H17Cl2NO4. The lowest BCUT2D eigenvalue weighted by Crippen LogP contribution is -2.29. The first-order valence-electron chi connectivity index (χ1n) is 9.38. The summed E-state index contributed by atoms with van der Waals surface area (Å²) in [7, 11) is 1.52. The summed E-state index contributed by atoms with van der Waals surface area (Å²) in [5, 5.41) is 11.6. The van der Waals surface area contributed by atoms with Gasteiger partial charge in [-0.25, -0.2) is 0 Å². The lowest BCUT2D eigenvalue weighted by Gasteiger charge is -2.25. The van der Waals surface area contributed by atoms with Crippen LogP contribution in [0.1, 0.15) is 17.2 Å². The van der Waals surface area contributed by atoms with Gasteiger partial charge in [-0.1, -0.05) is 59.6 Å². The Bertz CT molecular complexity index is 1210. The number of hydrogen-bond acceptors (Lipinski definition) is 4. The van der Waals surface area contributed by atoms with Crippen LogP contribution in [-0.2, 0) is 9.59 Å². The summed E-state index contributed by atoms with van der Waals surface area (Å²) >= 11 is 12.1. The number of methoxy groups -OCH3 is 1. The van der Waals surface area contributed by atoms with Crippen LogP contribution >= 0.6 is 23.2 Å². The fourth-order valence-corrected chi connectivity index (χ4v) is 3.91. The summed E-state index contributed by atoms with van der Waals surface area (Å²) in [6.45, 7) is 0. The monoisotopic (exact) mass is 453 g/mol. The fourth-order valence-electron chi connectivity index (χ4n) is 3.61. The van der Waals surface area contributed by atoms with Crippen molar-refractivity contribution >= 4 is 46.3 Å². The highest BCUT2D eigenvalue weighted by molar-refractivity contribution is 6.51. The Morgan fingerprint density at radius 2 is 1.68 bits per heavy atom. The van der Waals surface area contributed by atoms with Crippen LogP contribution < -0.4 is 9.64 Å². The van der Waals surface area contributed by atoms with Gasteiger partial charge >= 0.3 is 0 Å². The number of aliphatic hydroxyl groups excluding tert-OH is 1. The second kappa shape index (κ2) is 8.46. The van der Waals surface area contributed by atoms with Crippen LogP contribution in [0.2, 0.25) is 10.0 Å². The van der Waals surface area contributed by atoms with E-state index in [1.165, 1.54) is 24.1 Å². The lowest BCUT2D eigenvalue weighted by atomic mass is 9.95. The van der Waals surface area contributed by atoms with Gasteiger partial charge < -0.3 is 9.84 Å². The summed E-state index contributed by atoms with van der Waals surface area (Å²) < 4.78 is 5.27. The number of ether oxygens (including phenoxy) is 1. The number of aliphatic hydroxyl groups is 1. The van der Waals surface area contributed by atoms with Crippen molar-refractivity contribution in [2.75, 3.05) is 12.0 Å². The molecule has 1 aliphatic rings. The molecule has 0 aromatic heterocycles. The minimum Gasteiger partial charge on any atom is -0.507 e. The van der Waals surface area contributed by atoms with E-state index in [4.69, 9.17) is 27.9 Å². The molecule has 31 heavy (non-hydrogen) atoms. The van der Waals surface area contributed by atoms with Crippen molar-refractivity contribution in [3.63, 3.8) is 0 Å². The molecule has 1 amide bonds. The molecule has 0 aliphatic carbocycles. The topological polar surface area (TPSA) is 66.8 Å². The smallest absolute Gasteiger partial charge is 0.300 e. The van der Waals surface area contributed by atoms with Crippen LogP contribution in [0.3, 0.4) is 0 Å². The third-order valence-electron chi connectivity index (χ3n) is 5.08. The van der Waals surface area contributed by atoms with Crippen molar-refractivity contribution in [3.8, 4) is 5.75 Å². The summed E-state index contributed by atoms with van der Waals surface area (Å²) in [4.78, 5) is 27.6. The highest BCUT2D eigenvalue weighted by atomic mass is 35.5. The van der Waals surface area contributed by atoms with Crippen LogP contribution in [0.4, 0.5) is 5.69 Å². The molecule has 5 nitrogen and oxygen atoms in total. The van der Waals surface area contributed by atoms with Crippen molar-refractivity contribution in [1.29, 1.82) is 0 Å². The number of hydrogen-bond donors (Lipinski definition) is 1. The van der Waals surface area contributed by atoms with Crippen molar-refractivity contribution < 1.29 is 19.4 Å². The van der Waals surface area contributed by atoms with Gasteiger partial charge in [-0.15, -0.1) is 0 Å². The second-order valence-electron chi connectivity index (χ2n) is 6.91. The van der Waals surface area contributed by atoms with Crippen LogP contribution in [0.25, 0.3) is 5.76 Å². The zero-order valence-electron chi connectivity index (χ0n) is 16.4. The number of Topliss-reactive ketones (excluding diaryl/α,β-unsaturated/α-hetero) is 1. The number of nitrogens with zero attached hydrogens (tertiary/aromatic N) is 1. The van der Waals surface area contributed by atoms with E-state index in [9.17, 15) is 14.7 Å². The van der Waals surface area contributed by atoms with Crippen molar-refractivity contribution in [2.24, 2.45) is 0 Å². The zero-order chi connectivity index (χ0) is 22.1. The molecule has 1 unspecified atom stereocenters. The molecule has 0 spiro atoms. The average molecular weight is 454 g/mol. The standard InChI is InChI=1S/C24H17Cl2NO4/c1-31-17-9-5-8-16(13-17)27-21(14-6-3-2-4-7-14)20(23(29)24(27)30)22(28)15-10-11-18(25)19(26)12-15/h2-13,21,28H,1H3/b22-20+. The number of ketones is 1. The van der Waals surface area contributed by atoms with Crippen molar-refractivity contribution in [2.45, 2.75) is 6.04 Å².